The highest BCUT2D eigenvalue weighted by atomic mass is 16.5. The van der Waals surface area contributed by atoms with Gasteiger partial charge in [-0.2, -0.15) is 0 Å². The van der Waals surface area contributed by atoms with Crippen LogP contribution in [0.1, 0.15) is 25.2 Å². The number of nitrogens with zero attached hydrogens (tertiary/aromatic N) is 4. The maximum absolute atomic E-state index is 12.4. The van der Waals surface area contributed by atoms with Crippen LogP contribution in [0.5, 0.6) is 0 Å². The molecule has 5 rings (SSSR count). The van der Waals surface area contributed by atoms with E-state index in [1.54, 1.807) is 0 Å². The summed E-state index contributed by atoms with van der Waals surface area (Å²) in [5, 5.41) is 6.88. The van der Waals surface area contributed by atoms with Crippen LogP contribution in [0.25, 0.3) is 21.7 Å². The smallest absolute Gasteiger partial charge is 0.328 e. The topological polar surface area (TPSA) is 70.6 Å². The Morgan fingerprint density at radius 3 is 2.24 bits per heavy atom. The molecule has 1 fully saturated rings. The lowest BCUT2D eigenvalue weighted by Gasteiger charge is -2.34. The summed E-state index contributed by atoms with van der Waals surface area (Å²) in [7, 11) is 1.42. The highest BCUT2D eigenvalue weighted by Crippen LogP contribution is 2.24. The average molecular weight is 498 g/mol. The van der Waals surface area contributed by atoms with Gasteiger partial charge >= 0.3 is 5.97 Å². The number of anilines is 1. The predicted molar refractivity (Wildman–Crippen MR) is 148 cm³/mol. The maximum Gasteiger partial charge on any atom is 0.328 e. The fourth-order valence-corrected chi connectivity index (χ4v) is 5.05. The molecule has 7 nitrogen and oxygen atoms in total. The summed E-state index contributed by atoms with van der Waals surface area (Å²) in [6, 6.07) is 22.6. The fraction of sp³-hybridized carbons (Fsp3) is 0.367. The van der Waals surface area contributed by atoms with Gasteiger partial charge in [0.05, 0.1) is 19.2 Å². The lowest BCUT2D eigenvalue weighted by Crippen LogP contribution is -2.45. The Kier molecular flexibility index (Phi) is 7.63. The molecular weight excluding hydrogens is 462 g/mol. The first-order chi connectivity index (χ1) is 18.0. The van der Waals surface area contributed by atoms with Crippen molar-refractivity contribution in [3.63, 3.8) is 0 Å². The van der Waals surface area contributed by atoms with E-state index < -0.39 is 6.04 Å². The van der Waals surface area contributed by atoms with Crippen molar-refractivity contribution in [2.45, 2.75) is 33.0 Å². The molecule has 7 heteroatoms. The molecule has 192 valence electrons. The van der Waals surface area contributed by atoms with Crippen LogP contribution in [0.3, 0.4) is 0 Å². The number of carbonyl (C=O) groups is 1. The van der Waals surface area contributed by atoms with E-state index >= 15 is 0 Å². The maximum atomic E-state index is 12.4. The molecule has 37 heavy (non-hydrogen) atoms. The first kappa shape index (κ1) is 25.1. The monoisotopic (exact) mass is 497 g/mol. The first-order valence-corrected chi connectivity index (χ1v) is 13.0. The molecule has 1 aliphatic heterocycles. The second kappa shape index (κ2) is 11.2. The van der Waals surface area contributed by atoms with E-state index in [4.69, 9.17) is 14.7 Å². The minimum absolute atomic E-state index is 0.0550. The van der Waals surface area contributed by atoms with Gasteiger partial charge in [0.25, 0.3) is 0 Å². The zero-order valence-electron chi connectivity index (χ0n) is 21.9. The van der Waals surface area contributed by atoms with Crippen LogP contribution in [-0.4, -0.2) is 65.1 Å². The van der Waals surface area contributed by atoms with Gasteiger partial charge in [-0.25, -0.2) is 14.8 Å². The molecule has 4 aromatic rings. The summed E-state index contributed by atoms with van der Waals surface area (Å²) in [5.74, 6) is 1.20. The summed E-state index contributed by atoms with van der Waals surface area (Å²) in [6.45, 7) is 9.54. The third kappa shape index (κ3) is 5.73. The van der Waals surface area contributed by atoms with E-state index in [1.807, 2.05) is 38.1 Å². The van der Waals surface area contributed by atoms with Gasteiger partial charge in [-0.05, 0) is 34.4 Å². The van der Waals surface area contributed by atoms with Crippen molar-refractivity contribution >= 4 is 33.5 Å². The molecule has 1 aromatic heterocycles. The summed E-state index contributed by atoms with van der Waals surface area (Å²) < 4.78 is 5.03. The number of rotatable bonds is 8. The number of para-hydroxylation sites is 1. The summed E-state index contributed by atoms with van der Waals surface area (Å²) >= 11 is 0. The van der Waals surface area contributed by atoms with E-state index in [1.165, 1.54) is 23.4 Å². The number of nitrogens with one attached hydrogen (secondary N) is 1. The van der Waals surface area contributed by atoms with E-state index in [2.05, 4.69) is 57.6 Å². The molecule has 1 aliphatic rings. The van der Waals surface area contributed by atoms with Gasteiger partial charge in [-0.15, -0.1) is 0 Å². The Morgan fingerprint density at radius 2 is 1.51 bits per heavy atom. The largest absolute Gasteiger partial charge is 0.467 e. The number of piperazine rings is 1. The van der Waals surface area contributed by atoms with Crippen molar-refractivity contribution in [1.29, 1.82) is 0 Å². The number of methoxy groups -OCH3 is 1. The van der Waals surface area contributed by atoms with Gasteiger partial charge in [0.2, 0.25) is 0 Å². The highest BCUT2D eigenvalue weighted by Gasteiger charge is 2.25. The standard InChI is InChI=1S/C30H35N5O2/c1-21(2)28(30(36)37-3)33-29-25-13-6-7-14-26(25)31-27(32-29)20-35-17-15-34(16-18-35)19-23-11-8-10-22-9-4-5-12-24(22)23/h4-14,21,28H,15-20H2,1-3H3,(H,31,32,33)/t28-/m0/s1. The Labute approximate surface area is 218 Å². The number of aromatic nitrogens is 2. The lowest BCUT2D eigenvalue weighted by atomic mass is 10.0. The molecular formula is C30H35N5O2. The first-order valence-electron chi connectivity index (χ1n) is 13.0. The number of esters is 1. The molecule has 1 N–H and O–H groups in total. The summed E-state index contributed by atoms with van der Waals surface area (Å²) in [4.78, 5) is 27.0. The number of hydrogen-bond donors (Lipinski definition) is 1. The molecule has 3 aromatic carbocycles. The average Bonchev–Trinajstić information content (AvgIpc) is 2.92. The number of carbonyl (C=O) groups excluding carboxylic acids is 1. The number of ether oxygens (including phenoxy) is 1. The lowest BCUT2D eigenvalue weighted by molar-refractivity contribution is -0.142. The normalized spacial score (nSPS) is 15.8. The fourth-order valence-electron chi connectivity index (χ4n) is 5.05. The second-order valence-electron chi connectivity index (χ2n) is 10.1. The molecule has 0 spiro atoms. The quantitative estimate of drug-likeness (QED) is 0.354. The van der Waals surface area contributed by atoms with Gasteiger partial charge in [-0.1, -0.05) is 68.4 Å². The van der Waals surface area contributed by atoms with Crippen molar-refractivity contribution in [2.75, 3.05) is 38.6 Å². The summed E-state index contributed by atoms with van der Waals surface area (Å²) in [5.41, 5.74) is 2.25. The van der Waals surface area contributed by atoms with E-state index in [0.29, 0.717) is 12.4 Å². The third-order valence-electron chi connectivity index (χ3n) is 7.17. The van der Waals surface area contributed by atoms with Crippen LogP contribution >= 0.6 is 0 Å². The minimum Gasteiger partial charge on any atom is -0.467 e. The number of fused-ring (bicyclic) bond motifs is 2. The second-order valence-corrected chi connectivity index (χ2v) is 10.1. The van der Waals surface area contributed by atoms with E-state index in [9.17, 15) is 4.79 Å². The predicted octanol–water partition coefficient (Wildman–Crippen LogP) is 4.71. The molecule has 2 heterocycles. The van der Waals surface area contributed by atoms with Crippen LogP contribution in [0.15, 0.2) is 66.7 Å². The Morgan fingerprint density at radius 1 is 0.865 bits per heavy atom. The Hall–Kier alpha value is -3.55. The Balaban J connectivity index is 1.28. The third-order valence-corrected chi connectivity index (χ3v) is 7.17. The van der Waals surface area contributed by atoms with Crippen LogP contribution in [0.4, 0.5) is 5.82 Å². The molecule has 1 atom stereocenters. The van der Waals surface area contributed by atoms with Crippen molar-refractivity contribution in [3.8, 4) is 0 Å². The highest BCUT2D eigenvalue weighted by molar-refractivity contribution is 5.91. The number of hydrogen-bond acceptors (Lipinski definition) is 7. The van der Waals surface area contributed by atoms with Gasteiger partial charge in [0.1, 0.15) is 17.7 Å². The van der Waals surface area contributed by atoms with Crippen LogP contribution in [-0.2, 0) is 22.6 Å². The zero-order valence-corrected chi connectivity index (χ0v) is 21.9. The molecule has 1 saturated heterocycles. The van der Waals surface area contributed by atoms with Gasteiger partial charge in [0, 0.05) is 38.1 Å². The molecule has 0 aliphatic carbocycles. The van der Waals surface area contributed by atoms with Crippen LogP contribution in [0.2, 0.25) is 0 Å². The summed E-state index contributed by atoms with van der Waals surface area (Å²) in [6.07, 6.45) is 0. The molecule has 0 radical (unpaired) electrons. The molecule has 0 saturated carbocycles. The SMILES string of the molecule is COC(=O)[C@@H](Nc1nc(CN2CCN(Cc3cccc4ccccc34)CC2)nc2ccccc12)C(C)C. The Bertz CT molecular complexity index is 1380. The molecule has 0 amide bonds. The van der Waals surface area contributed by atoms with Gasteiger partial charge in [-0.3, -0.25) is 9.80 Å². The zero-order chi connectivity index (χ0) is 25.8. The molecule has 0 unspecified atom stereocenters. The van der Waals surface area contributed by atoms with Gasteiger partial charge < -0.3 is 10.1 Å². The number of benzene rings is 3. The van der Waals surface area contributed by atoms with Crippen molar-refractivity contribution in [1.82, 2.24) is 19.8 Å². The molecule has 0 bridgehead atoms. The van der Waals surface area contributed by atoms with Crippen molar-refractivity contribution in [2.24, 2.45) is 5.92 Å². The van der Waals surface area contributed by atoms with Crippen LogP contribution < -0.4 is 5.32 Å². The van der Waals surface area contributed by atoms with Crippen LogP contribution in [0, 0.1) is 5.92 Å². The minimum atomic E-state index is -0.478. The van der Waals surface area contributed by atoms with E-state index in [-0.39, 0.29) is 11.9 Å². The van der Waals surface area contributed by atoms with E-state index in [0.717, 1.165) is 49.5 Å². The van der Waals surface area contributed by atoms with Crippen molar-refractivity contribution < 1.29 is 9.53 Å². The van der Waals surface area contributed by atoms with Gasteiger partial charge in [0.15, 0.2) is 0 Å². The van der Waals surface area contributed by atoms with Crippen molar-refractivity contribution in [3.05, 3.63) is 78.1 Å².